The summed E-state index contributed by atoms with van der Waals surface area (Å²) in [4.78, 5) is 7.79. The number of nitrogens with zero attached hydrogens (tertiary/aromatic N) is 2. The number of guanidine groups is 1. The average Bonchev–Trinajstić information content (AvgIpc) is 3.11. The summed E-state index contributed by atoms with van der Waals surface area (Å²) >= 11 is 1.78. The fraction of sp³-hybridized carbons (Fsp3) is 0.389. The number of thiophene rings is 1. The Kier molecular flexibility index (Phi) is 11.0. The summed E-state index contributed by atoms with van der Waals surface area (Å²) in [6.07, 6.45) is 1.01. The predicted octanol–water partition coefficient (Wildman–Crippen LogP) is 3.36. The lowest BCUT2D eigenvalue weighted by atomic mass is 10.2. The van der Waals surface area contributed by atoms with E-state index in [1.54, 1.807) is 18.4 Å². The summed E-state index contributed by atoms with van der Waals surface area (Å²) in [5, 5.41) is 5.40. The van der Waals surface area contributed by atoms with Gasteiger partial charge < -0.3 is 10.2 Å². The Balaban J connectivity index is 0.00000312. The lowest BCUT2D eigenvalue weighted by Crippen LogP contribution is -2.41. The minimum atomic E-state index is -0.865. The molecule has 25 heavy (non-hydrogen) atoms. The van der Waals surface area contributed by atoms with Crippen molar-refractivity contribution in [3.8, 4) is 0 Å². The van der Waals surface area contributed by atoms with Crippen LogP contribution in [0.4, 0.5) is 0 Å². The zero-order valence-electron chi connectivity index (χ0n) is 14.7. The highest BCUT2D eigenvalue weighted by molar-refractivity contribution is 14.0. The zero-order chi connectivity index (χ0) is 17.2. The summed E-state index contributed by atoms with van der Waals surface area (Å²) in [5.74, 6) is 2.07. The molecule has 0 saturated heterocycles. The second-order valence-electron chi connectivity index (χ2n) is 5.50. The highest BCUT2D eigenvalue weighted by Gasteiger charge is 2.07. The molecule has 2 aromatic rings. The molecule has 138 valence electrons. The Labute approximate surface area is 174 Å². The van der Waals surface area contributed by atoms with E-state index < -0.39 is 10.8 Å². The molecule has 1 N–H and O–H groups in total. The number of rotatable bonds is 8. The van der Waals surface area contributed by atoms with Crippen molar-refractivity contribution in [2.45, 2.75) is 12.2 Å². The van der Waals surface area contributed by atoms with Gasteiger partial charge in [0.2, 0.25) is 0 Å². The topological polar surface area (TPSA) is 44.7 Å². The summed E-state index contributed by atoms with van der Waals surface area (Å²) in [7, 11) is 2.95. The van der Waals surface area contributed by atoms with Crippen LogP contribution in [0.2, 0.25) is 0 Å². The fourth-order valence-corrected chi connectivity index (χ4v) is 4.07. The van der Waals surface area contributed by atoms with E-state index in [2.05, 4.69) is 32.7 Å². The third kappa shape index (κ3) is 8.33. The number of nitrogens with one attached hydrogen (secondary N) is 1. The van der Waals surface area contributed by atoms with E-state index in [-0.39, 0.29) is 24.0 Å². The maximum atomic E-state index is 12.2. The molecular formula is C18H26IN3OS2. The van der Waals surface area contributed by atoms with Gasteiger partial charge in [-0.05, 0) is 23.4 Å². The maximum Gasteiger partial charge on any atom is 0.193 e. The minimum absolute atomic E-state index is 0. The molecule has 0 aliphatic heterocycles. The van der Waals surface area contributed by atoms with Gasteiger partial charge >= 0.3 is 0 Å². The lowest BCUT2D eigenvalue weighted by Gasteiger charge is -2.21. The van der Waals surface area contributed by atoms with Gasteiger partial charge in [0.25, 0.3) is 0 Å². The molecule has 0 aliphatic rings. The van der Waals surface area contributed by atoms with Gasteiger partial charge in [0.05, 0.1) is 0 Å². The van der Waals surface area contributed by atoms with Crippen LogP contribution >= 0.6 is 35.3 Å². The summed E-state index contributed by atoms with van der Waals surface area (Å²) in [5.41, 5.74) is 1.12. The van der Waals surface area contributed by atoms with Gasteiger partial charge in [0, 0.05) is 54.4 Å². The van der Waals surface area contributed by atoms with Crippen molar-refractivity contribution in [2.24, 2.45) is 4.99 Å². The van der Waals surface area contributed by atoms with Crippen molar-refractivity contribution in [1.82, 2.24) is 10.2 Å². The van der Waals surface area contributed by atoms with E-state index >= 15 is 0 Å². The number of benzene rings is 1. The van der Waals surface area contributed by atoms with E-state index in [4.69, 9.17) is 0 Å². The van der Waals surface area contributed by atoms with Crippen LogP contribution in [-0.2, 0) is 23.0 Å². The Bertz CT molecular complexity index is 648. The number of hydrogen-bond acceptors (Lipinski definition) is 3. The zero-order valence-corrected chi connectivity index (χ0v) is 18.6. The quantitative estimate of drug-likeness (QED) is 0.350. The van der Waals surface area contributed by atoms with Crippen LogP contribution in [0.1, 0.15) is 10.4 Å². The third-order valence-corrected chi connectivity index (χ3v) is 5.88. The molecule has 0 spiro atoms. The van der Waals surface area contributed by atoms with Crippen molar-refractivity contribution < 1.29 is 4.21 Å². The average molecular weight is 491 g/mol. The van der Waals surface area contributed by atoms with Gasteiger partial charge in [0.1, 0.15) is 0 Å². The Hall–Kier alpha value is -0.930. The van der Waals surface area contributed by atoms with Gasteiger partial charge in [-0.1, -0.05) is 36.4 Å². The maximum absolute atomic E-state index is 12.2. The van der Waals surface area contributed by atoms with Gasteiger partial charge in [0.15, 0.2) is 5.96 Å². The number of likely N-dealkylation sites (N-methyl/N-ethyl adjacent to an activating group) is 1. The van der Waals surface area contributed by atoms with Crippen LogP contribution in [0.25, 0.3) is 0 Å². The number of halogens is 1. The van der Waals surface area contributed by atoms with Crippen molar-refractivity contribution in [1.29, 1.82) is 0 Å². The molecule has 0 radical (unpaired) electrons. The van der Waals surface area contributed by atoms with E-state index in [1.165, 1.54) is 4.88 Å². The van der Waals surface area contributed by atoms with E-state index in [0.717, 1.165) is 24.5 Å². The SMILES string of the molecule is CN=C(NCCS(=O)Cc1ccccc1)N(C)CCc1cccs1.I. The largest absolute Gasteiger partial charge is 0.355 e. The monoisotopic (exact) mass is 491 g/mol. The molecule has 7 heteroatoms. The molecule has 2 rings (SSSR count). The Morgan fingerprint density at radius 2 is 2.00 bits per heavy atom. The first-order chi connectivity index (χ1) is 11.7. The van der Waals surface area contributed by atoms with Gasteiger partial charge in [-0.3, -0.25) is 9.20 Å². The van der Waals surface area contributed by atoms with Gasteiger partial charge in [-0.2, -0.15) is 0 Å². The molecule has 0 fully saturated rings. The molecule has 0 bridgehead atoms. The third-order valence-electron chi connectivity index (χ3n) is 3.63. The Morgan fingerprint density at radius 3 is 2.64 bits per heavy atom. The standard InChI is InChI=1S/C18H25N3OS2.HI/c1-19-18(21(2)12-10-17-9-6-13-23-17)20-11-14-24(22)15-16-7-4-3-5-8-16;/h3-9,13H,10-12,14-15H2,1-2H3,(H,19,20);1H. The van der Waals surface area contributed by atoms with Crippen LogP contribution in [0.3, 0.4) is 0 Å². The smallest absolute Gasteiger partial charge is 0.193 e. The van der Waals surface area contributed by atoms with Crippen molar-refractivity contribution in [3.05, 3.63) is 58.3 Å². The molecule has 0 saturated carbocycles. The normalized spacial score (nSPS) is 12.3. The highest BCUT2D eigenvalue weighted by Crippen LogP contribution is 2.09. The number of hydrogen-bond donors (Lipinski definition) is 1. The second kappa shape index (κ2) is 12.4. The van der Waals surface area contributed by atoms with Crippen LogP contribution in [-0.4, -0.2) is 48.0 Å². The minimum Gasteiger partial charge on any atom is -0.355 e. The van der Waals surface area contributed by atoms with Crippen LogP contribution in [0.15, 0.2) is 52.8 Å². The van der Waals surface area contributed by atoms with Crippen LogP contribution in [0, 0.1) is 0 Å². The highest BCUT2D eigenvalue weighted by atomic mass is 127. The van der Waals surface area contributed by atoms with E-state index in [0.29, 0.717) is 18.1 Å². The summed E-state index contributed by atoms with van der Waals surface area (Å²) < 4.78 is 12.2. The van der Waals surface area contributed by atoms with Gasteiger partial charge in [-0.25, -0.2) is 0 Å². The van der Waals surface area contributed by atoms with E-state index in [9.17, 15) is 4.21 Å². The van der Waals surface area contributed by atoms with Crippen LogP contribution < -0.4 is 5.32 Å². The molecular weight excluding hydrogens is 465 g/mol. The number of aliphatic imine (C=N–C) groups is 1. The molecule has 1 heterocycles. The Morgan fingerprint density at radius 1 is 1.24 bits per heavy atom. The van der Waals surface area contributed by atoms with Crippen LogP contribution in [0.5, 0.6) is 0 Å². The first-order valence-electron chi connectivity index (χ1n) is 8.02. The fourth-order valence-electron chi connectivity index (χ4n) is 2.33. The molecule has 0 amide bonds. The molecule has 1 aromatic heterocycles. The molecule has 4 nitrogen and oxygen atoms in total. The molecule has 0 aliphatic carbocycles. The lowest BCUT2D eigenvalue weighted by molar-refractivity contribution is 0.489. The molecule has 1 aromatic carbocycles. The summed E-state index contributed by atoms with van der Waals surface area (Å²) in [6, 6.07) is 14.2. The first kappa shape index (κ1) is 22.1. The predicted molar refractivity (Wildman–Crippen MR) is 121 cm³/mol. The second-order valence-corrected chi connectivity index (χ2v) is 8.11. The first-order valence-corrected chi connectivity index (χ1v) is 10.4. The van der Waals surface area contributed by atoms with E-state index in [1.807, 2.05) is 37.4 Å². The van der Waals surface area contributed by atoms with Gasteiger partial charge in [-0.15, -0.1) is 35.3 Å². The van der Waals surface area contributed by atoms with Crippen molar-refractivity contribution in [2.75, 3.05) is 32.9 Å². The van der Waals surface area contributed by atoms with Crippen molar-refractivity contribution >= 4 is 52.1 Å². The van der Waals surface area contributed by atoms with Crippen molar-refractivity contribution in [3.63, 3.8) is 0 Å². The molecule has 1 unspecified atom stereocenters. The summed E-state index contributed by atoms with van der Waals surface area (Å²) in [6.45, 7) is 1.57. The molecule has 1 atom stereocenters.